The molecule has 19 heavy (non-hydrogen) atoms. The second kappa shape index (κ2) is 6.06. The maximum atomic E-state index is 12.1. The number of nitrogens with zero attached hydrogens (tertiary/aromatic N) is 1. The minimum absolute atomic E-state index is 0.0888. The normalized spacial score (nSPS) is 21.6. The van der Waals surface area contributed by atoms with Crippen LogP contribution >= 0.6 is 0 Å². The first-order valence-corrected chi connectivity index (χ1v) is 6.64. The van der Waals surface area contributed by atoms with Crippen LogP contribution in [0.3, 0.4) is 0 Å². The van der Waals surface area contributed by atoms with Gasteiger partial charge in [-0.3, -0.25) is 4.79 Å². The van der Waals surface area contributed by atoms with E-state index < -0.39 is 0 Å². The fourth-order valence-corrected chi connectivity index (χ4v) is 2.49. The molecule has 2 rings (SSSR count). The predicted octanol–water partition coefficient (Wildman–Crippen LogP) is 1.47. The molecule has 1 fully saturated rings. The van der Waals surface area contributed by atoms with Crippen molar-refractivity contribution in [1.29, 1.82) is 0 Å². The van der Waals surface area contributed by atoms with E-state index in [0.29, 0.717) is 12.3 Å². The highest BCUT2D eigenvalue weighted by atomic mass is 16.5. The zero-order chi connectivity index (χ0) is 13.8. The van der Waals surface area contributed by atoms with Crippen LogP contribution in [0.5, 0.6) is 5.75 Å². The van der Waals surface area contributed by atoms with Gasteiger partial charge in [-0.25, -0.2) is 0 Å². The van der Waals surface area contributed by atoms with Crippen LogP contribution in [0.15, 0.2) is 24.3 Å². The highest BCUT2D eigenvalue weighted by Gasteiger charge is 2.29. The summed E-state index contributed by atoms with van der Waals surface area (Å²) in [7, 11) is 3.44. The van der Waals surface area contributed by atoms with E-state index in [0.717, 1.165) is 30.7 Å². The second-order valence-electron chi connectivity index (χ2n) is 5.25. The van der Waals surface area contributed by atoms with Crippen molar-refractivity contribution in [2.24, 2.45) is 5.92 Å². The number of aliphatic hydroxyl groups is 1. The Labute approximate surface area is 114 Å². The van der Waals surface area contributed by atoms with Crippen molar-refractivity contribution in [3.05, 3.63) is 29.8 Å². The second-order valence-corrected chi connectivity index (χ2v) is 5.25. The molecule has 0 bridgehead atoms. The Morgan fingerprint density at radius 2 is 2.11 bits per heavy atom. The number of para-hydroxylation sites is 1. The molecule has 0 unspecified atom stereocenters. The Morgan fingerprint density at radius 3 is 2.74 bits per heavy atom. The zero-order valence-corrected chi connectivity index (χ0v) is 11.5. The molecule has 1 aromatic carbocycles. The topological polar surface area (TPSA) is 49.8 Å². The molecule has 4 nitrogen and oxygen atoms in total. The SMILES string of the molecule is COc1ccccc1CC(=O)N(C)CC1CC(O)C1. The minimum Gasteiger partial charge on any atom is -0.496 e. The quantitative estimate of drug-likeness (QED) is 0.875. The number of likely N-dealkylation sites (N-methyl/N-ethyl adjacent to an activating group) is 1. The smallest absolute Gasteiger partial charge is 0.226 e. The number of amides is 1. The lowest BCUT2D eigenvalue weighted by molar-refractivity contribution is -0.130. The summed E-state index contributed by atoms with van der Waals surface area (Å²) in [5.74, 6) is 1.29. The maximum absolute atomic E-state index is 12.1. The highest BCUT2D eigenvalue weighted by molar-refractivity contribution is 5.79. The largest absolute Gasteiger partial charge is 0.496 e. The molecule has 1 N–H and O–H groups in total. The molecular formula is C15H21NO3. The third-order valence-electron chi connectivity index (χ3n) is 3.70. The van der Waals surface area contributed by atoms with Crippen LogP contribution in [-0.4, -0.2) is 42.7 Å². The van der Waals surface area contributed by atoms with E-state index in [9.17, 15) is 9.90 Å². The van der Waals surface area contributed by atoms with E-state index in [1.54, 1.807) is 12.0 Å². The molecule has 1 aliphatic rings. The molecule has 0 spiro atoms. The van der Waals surface area contributed by atoms with Crippen LogP contribution in [0.2, 0.25) is 0 Å². The van der Waals surface area contributed by atoms with Gasteiger partial charge in [0, 0.05) is 19.2 Å². The molecule has 0 radical (unpaired) electrons. The first-order valence-electron chi connectivity index (χ1n) is 6.64. The van der Waals surface area contributed by atoms with Crippen molar-refractivity contribution in [3.63, 3.8) is 0 Å². The molecule has 0 atom stereocenters. The Morgan fingerprint density at radius 1 is 1.42 bits per heavy atom. The van der Waals surface area contributed by atoms with Gasteiger partial charge in [0.1, 0.15) is 5.75 Å². The van der Waals surface area contributed by atoms with Gasteiger partial charge in [-0.05, 0) is 24.8 Å². The zero-order valence-electron chi connectivity index (χ0n) is 11.5. The number of carbonyl (C=O) groups is 1. The Hall–Kier alpha value is -1.55. The van der Waals surface area contributed by atoms with Gasteiger partial charge >= 0.3 is 0 Å². The van der Waals surface area contributed by atoms with Crippen molar-refractivity contribution in [2.45, 2.75) is 25.4 Å². The highest BCUT2D eigenvalue weighted by Crippen LogP contribution is 2.28. The summed E-state index contributed by atoms with van der Waals surface area (Å²) in [5, 5.41) is 9.25. The first-order chi connectivity index (χ1) is 9.10. The van der Waals surface area contributed by atoms with Crippen molar-refractivity contribution in [2.75, 3.05) is 20.7 Å². The minimum atomic E-state index is -0.164. The summed E-state index contributed by atoms with van der Waals surface area (Å²) in [6.45, 7) is 0.727. The fourth-order valence-electron chi connectivity index (χ4n) is 2.49. The van der Waals surface area contributed by atoms with Gasteiger partial charge in [0.25, 0.3) is 0 Å². The number of hydrogen-bond donors (Lipinski definition) is 1. The van der Waals surface area contributed by atoms with Crippen LogP contribution in [0.25, 0.3) is 0 Å². The number of rotatable bonds is 5. The van der Waals surface area contributed by atoms with Gasteiger partial charge in [-0.15, -0.1) is 0 Å². The van der Waals surface area contributed by atoms with Crippen LogP contribution in [0.1, 0.15) is 18.4 Å². The average molecular weight is 263 g/mol. The molecule has 0 saturated heterocycles. The predicted molar refractivity (Wildman–Crippen MR) is 73.1 cm³/mol. The molecule has 1 amide bonds. The standard InChI is InChI=1S/C15H21NO3/c1-16(10-11-7-13(17)8-11)15(18)9-12-5-3-4-6-14(12)19-2/h3-6,11,13,17H,7-10H2,1-2H3. The molecule has 1 aromatic rings. The summed E-state index contributed by atoms with van der Waals surface area (Å²) < 4.78 is 5.25. The summed E-state index contributed by atoms with van der Waals surface area (Å²) in [5.41, 5.74) is 0.912. The number of benzene rings is 1. The van der Waals surface area contributed by atoms with Gasteiger partial charge in [-0.1, -0.05) is 18.2 Å². The fraction of sp³-hybridized carbons (Fsp3) is 0.533. The number of carbonyl (C=O) groups excluding carboxylic acids is 1. The van der Waals surface area contributed by atoms with Gasteiger partial charge in [0.15, 0.2) is 0 Å². The van der Waals surface area contributed by atoms with Crippen LogP contribution in [-0.2, 0) is 11.2 Å². The summed E-state index contributed by atoms with van der Waals surface area (Å²) >= 11 is 0. The lowest BCUT2D eigenvalue weighted by Gasteiger charge is -2.34. The average Bonchev–Trinajstić information content (AvgIpc) is 2.37. The number of methoxy groups -OCH3 is 1. The summed E-state index contributed by atoms with van der Waals surface area (Å²) in [6, 6.07) is 7.59. The molecule has 1 saturated carbocycles. The van der Waals surface area contributed by atoms with Gasteiger partial charge < -0.3 is 14.7 Å². The van der Waals surface area contributed by atoms with Crippen molar-refractivity contribution in [1.82, 2.24) is 4.90 Å². The van der Waals surface area contributed by atoms with E-state index in [2.05, 4.69) is 0 Å². The first kappa shape index (κ1) is 13.9. The van der Waals surface area contributed by atoms with Crippen LogP contribution in [0.4, 0.5) is 0 Å². The summed E-state index contributed by atoms with van der Waals surface area (Å²) in [4.78, 5) is 13.9. The van der Waals surface area contributed by atoms with Crippen LogP contribution in [0, 0.1) is 5.92 Å². The van der Waals surface area contributed by atoms with Gasteiger partial charge in [0.05, 0.1) is 19.6 Å². The van der Waals surface area contributed by atoms with E-state index in [1.807, 2.05) is 31.3 Å². The van der Waals surface area contributed by atoms with E-state index in [1.165, 1.54) is 0 Å². The van der Waals surface area contributed by atoms with Crippen molar-refractivity contribution in [3.8, 4) is 5.75 Å². The molecule has 4 heteroatoms. The number of ether oxygens (including phenoxy) is 1. The molecule has 0 aromatic heterocycles. The third kappa shape index (κ3) is 3.47. The van der Waals surface area contributed by atoms with Gasteiger partial charge in [0.2, 0.25) is 5.91 Å². The third-order valence-corrected chi connectivity index (χ3v) is 3.70. The van der Waals surface area contributed by atoms with Crippen molar-refractivity contribution >= 4 is 5.91 Å². The monoisotopic (exact) mass is 263 g/mol. The van der Waals surface area contributed by atoms with E-state index in [-0.39, 0.29) is 12.0 Å². The lowest BCUT2D eigenvalue weighted by Crippen LogP contribution is -2.40. The van der Waals surface area contributed by atoms with E-state index >= 15 is 0 Å². The van der Waals surface area contributed by atoms with Crippen molar-refractivity contribution < 1.29 is 14.6 Å². The Kier molecular flexibility index (Phi) is 4.43. The Bertz CT molecular complexity index is 441. The molecule has 0 heterocycles. The molecule has 0 aliphatic heterocycles. The molecule has 104 valence electrons. The number of aliphatic hydroxyl groups excluding tert-OH is 1. The summed E-state index contributed by atoms with van der Waals surface area (Å²) in [6.07, 6.45) is 1.82. The maximum Gasteiger partial charge on any atom is 0.226 e. The number of hydrogen-bond acceptors (Lipinski definition) is 3. The lowest BCUT2D eigenvalue weighted by atomic mass is 9.82. The van der Waals surface area contributed by atoms with Crippen LogP contribution < -0.4 is 4.74 Å². The molecular weight excluding hydrogens is 242 g/mol. The van der Waals surface area contributed by atoms with E-state index in [4.69, 9.17) is 4.74 Å². The van der Waals surface area contributed by atoms with Gasteiger partial charge in [-0.2, -0.15) is 0 Å². The molecule has 1 aliphatic carbocycles. The Balaban J connectivity index is 1.89.